The van der Waals surface area contributed by atoms with Gasteiger partial charge < -0.3 is 4.90 Å². The highest BCUT2D eigenvalue weighted by Crippen LogP contribution is 2.33. The number of rotatable bonds is 2. The van der Waals surface area contributed by atoms with Gasteiger partial charge in [0.15, 0.2) is 0 Å². The highest BCUT2D eigenvalue weighted by molar-refractivity contribution is 7.99. The summed E-state index contributed by atoms with van der Waals surface area (Å²) < 4.78 is 0. The predicted octanol–water partition coefficient (Wildman–Crippen LogP) is 3.91. The Labute approximate surface area is 114 Å². The summed E-state index contributed by atoms with van der Waals surface area (Å²) in [4.78, 5) is 6.88. The van der Waals surface area contributed by atoms with Crippen molar-refractivity contribution < 1.29 is 0 Å². The van der Waals surface area contributed by atoms with Crippen LogP contribution < -0.4 is 0 Å². The van der Waals surface area contributed by atoms with Crippen LogP contribution in [-0.2, 0) is 5.75 Å². The van der Waals surface area contributed by atoms with Crippen molar-refractivity contribution in [2.45, 2.75) is 31.4 Å². The van der Waals surface area contributed by atoms with E-state index in [1.54, 1.807) is 0 Å². The van der Waals surface area contributed by atoms with E-state index in [0.717, 1.165) is 17.9 Å². The number of thioether (sulfide) groups is 1. The van der Waals surface area contributed by atoms with E-state index in [2.05, 4.69) is 55.1 Å². The number of pyridine rings is 1. The molecule has 0 saturated heterocycles. The quantitative estimate of drug-likeness (QED) is 0.802. The summed E-state index contributed by atoms with van der Waals surface area (Å²) in [5, 5.41) is 0.473. The third kappa shape index (κ3) is 2.78. The molecule has 0 spiro atoms. The molecule has 2 nitrogen and oxygen atoms in total. The molecule has 3 heteroatoms. The van der Waals surface area contributed by atoms with Gasteiger partial charge in [0.2, 0.25) is 0 Å². The zero-order valence-corrected chi connectivity index (χ0v) is 12.1. The van der Waals surface area contributed by atoms with Gasteiger partial charge >= 0.3 is 0 Å². The van der Waals surface area contributed by atoms with Crippen LogP contribution in [0.4, 0.5) is 0 Å². The van der Waals surface area contributed by atoms with Crippen LogP contribution in [0.5, 0.6) is 0 Å². The van der Waals surface area contributed by atoms with Gasteiger partial charge in [0.1, 0.15) is 0 Å². The van der Waals surface area contributed by atoms with Crippen LogP contribution in [0.15, 0.2) is 36.6 Å². The smallest absolute Gasteiger partial charge is 0.0903 e. The largest absolute Gasteiger partial charge is 0.361 e. The summed E-state index contributed by atoms with van der Waals surface area (Å²) in [6.45, 7) is 4.39. The first-order chi connectivity index (χ1) is 8.74. The normalized spacial score (nSPS) is 22.3. The summed E-state index contributed by atoms with van der Waals surface area (Å²) in [7, 11) is 2.15. The molecule has 1 atom stereocenters. The Balaban J connectivity index is 2.44. The second-order valence-corrected chi connectivity index (χ2v) is 5.72. The number of fused-ring (bicyclic) bond motifs is 1. The summed E-state index contributed by atoms with van der Waals surface area (Å²) in [5.74, 6) is 1.03. The highest BCUT2D eigenvalue weighted by atomic mass is 32.2. The summed E-state index contributed by atoms with van der Waals surface area (Å²) in [6.07, 6.45) is 9.43. The van der Waals surface area contributed by atoms with Gasteiger partial charge in [0.05, 0.1) is 16.8 Å². The molecule has 0 saturated carbocycles. The van der Waals surface area contributed by atoms with E-state index < -0.39 is 0 Å². The monoisotopic (exact) mass is 260 g/mol. The maximum absolute atomic E-state index is 4.57. The van der Waals surface area contributed by atoms with Crippen LogP contribution in [0.3, 0.4) is 0 Å². The zero-order chi connectivity index (χ0) is 13.0. The molecule has 2 heterocycles. The molecule has 2 rings (SSSR count). The molecule has 0 N–H and O–H groups in total. The molecule has 1 unspecified atom stereocenters. The highest BCUT2D eigenvalue weighted by Gasteiger charge is 2.21. The van der Waals surface area contributed by atoms with E-state index >= 15 is 0 Å². The minimum absolute atomic E-state index is 0.473. The molecule has 0 aromatic carbocycles. The fourth-order valence-electron chi connectivity index (χ4n) is 1.96. The van der Waals surface area contributed by atoms with E-state index in [1.807, 2.05) is 24.0 Å². The van der Waals surface area contributed by atoms with Gasteiger partial charge in [-0.1, -0.05) is 25.1 Å². The summed E-state index contributed by atoms with van der Waals surface area (Å²) >= 11 is 1.95. The van der Waals surface area contributed by atoms with Gasteiger partial charge in [-0.05, 0) is 31.1 Å². The molecular weight excluding hydrogens is 240 g/mol. The minimum Gasteiger partial charge on any atom is -0.361 e. The molecule has 1 aliphatic heterocycles. The lowest BCUT2D eigenvalue weighted by Crippen LogP contribution is -2.23. The van der Waals surface area contributed by atoms with Gasteiger partial charge in [-0.15, -0.1) is 11.8 Å². The molecule has 1 aromatic rings. The van der Waals surface area contributed by atoms with Gasteiger partial charge in [0, 0.05) is 19.0 Å². The van der Waals surface area contributed by atoms with Crippen molar-refractivity contribution in [3.63, 3.8) is 0 Å². The molecule has 0 amide bonds. The average molecular weight is 260 g/mol. The Morgan fingerprint density at radius 3 is 3.17 bits per heavy atom. The van der Waals surface area contributed by atoms with Crippen LogP contribution in [0.2, 0.25) is 0 Å². The lowest BCUT2D eigenvalue weighted by Gasteiger charge is -2.25. The van der Waals surface area contributed by atoms with Crippen molar-refractivity contribution in [2.75, 3.05) is 7.05 Å². The van der Waals surface area contributed by atoms with Gasteiger partial charge in [0.25, 0.3) is 0 Å². The molecule has 0 aliphatic carbocycles. The van der Waals surface area contributed by atoms with Crippen LogP contribution in [0, 0.1) is 0 Å². The van der Waals surface area contributed by atoms with E-state index in [9.17, 15) is 0 Å². The zero-order valence-electron chi connectivity index (χ0n) is 11.3. The van der Waals surface area contributed by atoms with Crippen molar-refractivity contribution in [1.82, 2.24) is 9.88 Å². The molecular formula is C15H20N2S. The van der Waals surface area contributed by atoms with Crippen LogP contribution in [0.1, 0.15) is 31.5 Å². The molecule has 1 aromatic heterocycles. The van der Waals surface area contributed by atoms with Gasteiger partial charge in [-0.25, -0.2) is 0 Å². The second-order valence-electron chi connectivity index (χ2n) is 4.42. The maximum Gasteiger partial charge on any atom is 0.0903 e. The molecule has 0 bridgehead atoms. The molecule has 1 aliphatic rings. The lowest BCUT2D eigenvalue weighted by atomic mass is 10.1. The SMILES string of the molecule is CC/C=C/C=C1/c2ncccc2CSC(C)N1C. The predicted molar refractivity (Wildman–Crippen MR) is 80.2 cm³/mol. The Kier molecular flexibility index (Phi) is 4.48. The van der Waals surface area contributed by atoms with E-state index in [1.165, 1.54) is 11.3 Å². The van der Waals surface area contributed by atoms with Crippen molar-refractivity contribution in [1.29, 1.82) is 0 Å². The Bertz CT molecular complexity index is 465. The Morgan fingerprint density at radius 1 is 1.56 bits per heavy atom. The van der Waals surface area contributed by atoms with Crippen LogP contribution in [0.25, 0.3) is 5.70 Å². The Morgan fingerprint density at radius 2 is 2.39 bits per heavy atom. The fraction of sp³-hybridized carbons (Fsp3) is 0.400. The number of nitrogens with zero attached hydrogens (tertiary/aromatic N) is 2. The maximum atomic E-state index is 4.57. The fourth-order valence-corrected chi connectivity index (χ4v) is 2.95. The molecule has 18 heavy (non-hydrogen) atoms. The first kappa shape index (κ1) is 13.2. The van der Waals surface area contributed by atoms with Crippen LogP contribution >= 0.6 is 11.8 Å². The minimum atomic E-state index is 0.473. The molecule has 0 radical (unpaired) electrons. The lowest BCUT2D eigenvalue weighted by molar-refractivity contribution is 0.474. The summed E-state index contributed by atoms with van der Waals surface area (Å²) in [5.41, 5.74) is 3.67. The third-order valence-corrected chi connectivity index (χ3v) is 4.44. The summed E-state index contributed by atoms with van der Waals surface area (Å²) in [6, 6.07) is 4.20. The van der Waals surface area contributed by atoms with Gasteiger partial charge in [-0.3, -0.25) is 4.98 Å². The van der Waals surface area contributed by atoms with Gasteiger partial charge in [-0.2, -0.15) is 0 Å². The van der Waals surface area contributed by atoms with Crippen LogP contribution in [-0.4, -0.2) is 22.3 Å². The van der Waals surface area contributed by atoms with E-state index in [0.29, 0.717) is 5.37 Å². The average Bonchev–Trinajstić information content (AvgIpc) is 2.51. The third-order valence-electron chi connectivity index (χ3n) is 3.17. The first-order valence-corrected chi connectivity index (χ1v) is 7.44. The number of hydrogen-bond donors (Lipinski definition) is 0. The van der Waals surface area contributed by atoms with E-state index in [4.69, 9.17) is 0 Å². The van der Waals surface area contributed by atoms with Crippen molar-refractivity contribution >= 4 is 17.5 Å². The number of allylic oxidation sites excluding steroid dienone is 3. The van der Waals surface area contributed by atoms with Crippen molar-refractivity contribution in [3.8, 4) is 0 Å². The van der Waals surface area contributed by atoms with Crippen molar-refractivity contribution in [3.05, 3.63) is 47.8 Å². The topological polar surface area (TPSA) is 16.1 Å². The molecule has 96 valence electrons. The second kappa shape index (κ2) is 6.10. The standard InChI is InChI=1S/C15H20N2S/c1-4-5-6-9-14-15-13(8-7-10-16-15)11-18-12(2)17(14)3/h5-10,12H,4,11H2,1-3H3/b6-5+,14-9-. The molecule has 0 fully saturated rings. The Hall–Kier alpha value is -1.22. The first-order valence-electron chi connectivity index (χ1n) is 6.39. The van der Waals surface area contributed by atoms with Crippen molar-refractivity contribution in [2.24, 2.45) is 0 Å². The van der Waals surface area contributed by atoms with E-state index in [-0.39, 0.29) is 0 Å². The number of aromatic nitrogens is 1. The number of hydrogen-bond acceptors (Lipinski definition) is 3.